The van der Waals surface area contributed by atoms with Crippen molar-refractivity contribution in [2.24, 2.45) is 0 Å². The van der Waals surface area contributed by atoms with Crippen molar-refractivity contribution in [3.05, 3.63) is 53.8 Å². The Bertz CT molecular complexity index is 742. The van der Waals surface area contributed by atoms with Gasteiger partial charge in [-0.25, -0.2) is 4.39 Å². The quantitative estimate of drug-likeness (QED) is 0.850. The van der Waals surface area contributed by atoms with E-state index < -0.39 is 5.82 Å². The maximum atomic E-state index is 13.2. The predicted molar refractivity (Wildman–Crippen MR) is 94.9 cm³/mol. The Morgan fingerprint density at radius 3 is 2.54 bits per heavy atom. The van der Waals surface area contributed by atoms with Crippen molar-refractivity contribution in [2.45, 2.75) is 0 Å². The standard InChI is InChI=1S/C18H21FN4O/c1-22-7-9-23(10-8-22)17-6-5-15(12-16(17)20)21-18(24)13-3-2-4-14(19)11-13/h2-6,11-12H,7-10,20H2,1H3,(H,21,24). The Kier molecular flexibility index (Phi) is 4.66. The number of nitrogens with zero attached hydrogens (tertiary/aromatic N) is 2. The Labute approximate surface area is 140 Å². The molecular formula is C18H21FN4O. The molecule has 1 heterocycles. The van der Waals surface area contributed by atoms with E-state index in [9.17, 15) is 9.18 Å². The van der Waals surface area contributed by atoms with Crippen molar-refractivity contribution in [3.8, 4) is 0 Å². The number of halogens is 1. The van der Waals surface area contributed by atoms with Gasteiger partial charge >= 0.3 is 0 Å². The highest BCUT2D eigenvalue weighted by molar-refractivity contribution is 6.04. The predicted octanol–water partition coefficient (Wildman–Crippen LogP) is 2.41. The maximum Gasteiger partial charge on any atom is 0.255 e. The van der Waals surface area contributed by atoms with Crippen molar-refractivity contribution in [2.75, 3.05) is 49.2 Å². The number of carbonyl (C=O) groups is 1. The van der Waals surface area contributed by atoms with Crippen LogP contribution in [0.2, 0.25) is 0 Å². The smallest absolute Gasteiger partial charge is 0.255 e. The summed E-state index contributed by atoms with van der Waals surface area (Å²) in [6.45, 7) is 3.85. The molecule has 1 amide bonds. The second-order valence-electron chi connectivity index (χ2n) is 6.03. The van der Waals surface area contributed by atoms with E-state index in [1.54, 1.807) is 12.1 Å². The third kappa shape index (κ3) is 3.65. The Morgan fingerprint density at radius 2 is 1.88 bits per heavy atom. The lowest BCUT2D eigenvalue weighted by Crippen LogP contribution is -2.44. The number of carbonyl (C=O) groups excluding carboxylic acids is 1. The number of amides is 1. The number of rotatable bonds is 3. The summed E-state index contributed by atoms with van der Waals surface area (Å²) in [5.74, 6) is -0.797. The van der Waals surface area contributed by atoms with Gasteiger partial charge in [-0.15, -0.1) is 0 Å². The number of benzene rings is 2. The minimum absolute atomic E-state index is 0.275. The summed E-state index contributed by atoms with van der Waals surface area (Å²) in [5, 5.41) is 2.75. The van der Waals surface area contributed by atoms with Gasteiger partial charge in [0, 0.05) is 37.4 Å². The minimum atomic E-state index is -0.437. The van der Waals surface area contributed by atoms with Crippen molar-refractivity contribution < 1.29 is 9.18 Å². The van der Waals surface area contributed by atoms with E-state index in [4.69, 9.17) is 5.73 Å². The van der Waals surface area contributed by atoms with Crippen molar-refractivity contribution >= 4 is 23.0 Å². The molecule has 1 fully saturated rings. The summed E-state index contributed by atoms with van der Waals surface area (Å²) in [4.78, 5) is 16.7. The van der Waals surface area contributed by atoms with Gasteiger partial charge in [0.25, 0.3) is 5.91 Å². The summed E-state index contributed by atoms with van der Waals surface area (Å²) in [6.07, 6.45) is 0. The molecule has 24 heavy (non-hydrogen) atoms. The monoisotopic (exact) mass is 328 g/mol. The Hall–Kier alpha value is -2.60. The lowest BCUT2D eigenvalue weighted by Gasteiger charge is -2.34. The topological polar surface area (TPSA) is 61.6 Å². The van der Waals surface area contributed by atoms with Gasteiger partial charge in [-0.2, -0.15) is 0 Å². The number of piperazine rings is 1. The van der Waals surface area contributed by atoms with Gasteiger partial charge in [-0.05, 0) is 43.4 Å². The number of nitrogens with one attached hydrogen (secondary N) is 1. The molecule has 1 saturated heterocycles. The first kappa shape index (κ1) is 16.3. The van der Waals surface area contributed by atoms with E-state index in [1.165, 1.54) is 18.2 Å². The number of likely N-dealkylation sites (N-methyl/N-ethyl adjacent to an activating group) is 1. The number of anilines is 3. The van der Waals surface area contributed by atoms with E-state index in [-0.39, 0.29) is 11.5 Å². The second kappa shape index (κ2) is 6.88. The number of hydrogen-bond donors (Lipinski definition) is 2. The average molecular weight is 328 g/mol. The van der Waals surface area contributed by atoms with Gasteiger partial charge in [0.05, 0.1) is 11.4 Å². The van der Waals surface area contributed by atoms with Crippen LogP contribution in [-0.2, 0) is 0 Å². The van der Waals surface area contributed by atoms with Crippen LogP contribution < -0.4 is 16.0 Å². The fourth-order valence-electron chi connectivity index (χ4n) is 2.80. The molecule has 0 spiro atoms. The molecule has 2 aromatic carbocycles. The first-order valence-electron chi connectivity index (χ1n) is 7.93. The highest BCUT2D eigenvalue weighted by Crippen LogP contribution is 2.27. The fraction of sp³-hybridized carbons (Fsp3) is 0.278. The molecule has 0 saturated carbocycles. The van der Waals surface area contributed by atoms with E-state index in [0.717, 1.165) is 31.9 Å². The SMILES string of the molecule is CN1CCN(c2ccc(NC(=O)c3cccc(F)c3)cc2N)CC1. The molecule has 0 aromatic heterocycles. The zero-order valence-electron chi connectivity index (χ0n) is 13.6. The molecule has 5 nitrogen and oxygen atoms in total. The van der Waals surface area contributed by atoms with Crippen LogP contribution in [0.1, 0.15) is 10.4 Å². The summed E-state index contributed by atoms with van der Waals surface area (Å²) in [5.41, 5.74) is 8.63. The normalized spacial score (nSPS) is 15.3. The molecule has 126 valence electrons. The molecule has 3 N–H and O–H groups in total. The highest BCUT2D eigenvalue weighted by atomic mass is 19.1. The van der Waals surface area contributed by atoms with Crippen LogP contribution in [0.25, 0.3) is 0 Å². The first-order valence-corrected chi connectivity index (χ1v) is 7.93. The summed E-state index contributed by atoms with van der Waals surface area (Å²) >= 11 is 0. The lowest BCUT2D eigenvalue weighted by molar-refractivity contribution is 0.102. The molecule has 0 bridgehead atoms. The van der Waals surface area contributed by atoms with Crippen LogP contribution in [0.15, 0.2) is 42.5 Å². The van der Waals surface area contributed by atoms with E-state index in [2.05, 4.69) is 22.2 Å². The molecule has 0 unspecified atom stereocenters. The van der Waals surface area contributed by atoms with Gasteiger partial charge < -0.3 is 20.9 Å². The molecule has 0 atom stereocenters. The number of hydrogen-bond acceptors (Lipinski definition) is 4. The van der Waals surface area contributed by atoms with E-state index in [1.807, 2.05) is 12.1 Å². The molecule has 0 aliphatic carbocycles. The zero-order valence-corrected chi connectivity index (χ0v) is 13.6. The van der Waals surface area contributed by atoms with E-state index in [0.29, 0.717) is 11.4 Å². The molecule has 2 aromatic rings. The number of nitrogen functional groups attached to an aromatic ring is 1. The highest BCUT2D eigenvalue weighted by Gasteiger charge is 2.16. The minimum Gasteiger partial charge on any atom is -0.397 e. The summed E-state index contributed by atoms with van der Waals surface area (Å²) < 4.78 is 13.2. The van der Waals surface area contributed by atoms with E-state index >= 15 is 0 Å². The van der Waals surface area contributed by atoms with Crippen LogP contribution in [-0.4, -0.2) is 44.0 Å². The maximum absolute atomic E-state index is 13.2. The van der Waals surface area contributed by atoms with Gasteiger partial charge in [0.15, 0.2) is 0 Å². The Morgan fingerprint density at radius 1 is 1.12 bits per heavy atom. The Balaban J connectivity index is 1.71. The van der Waals surface area contributed by atoms with Crippen molar-refractivity contribution in [1.82, 2.24) is 4.90 Å². The third-order valence-electron chi connectivity index (χ3n) is 4.22. The number of nitrogens with two attached hydrogens (primary N) is 1. The van der Waals surface area contributed by atoms with Crippen LogP contribution in [0.4, 0.5) is 21.5 Å². The largest absolute Gasteiger partial charge is 0.397 e. The zero-order chi connectivity index (χ0) is 17.1. The third-order valence-corrected chi connectivity index (χ3v) is 4.22. The molecule has 1 aliphatic heterocycles. The van der Waals surface area contributed by atoms with Crippen LogP contribution in [0.5, 0.6) is 0 Å². The van der Waals surface area contributed by atoms with Crippen LogP contribution in [0.3, 0.4) is 0 Å². The molecular weight excluding hydrogens is 307 g/mol. The first-order chi connectivity index (χ1) is 11.5. The van der Waals surface area contributed by atoms with Gasteiger partial charge in [0.2, 0.25) is 0 Å². The van der Waals surface area contributed by atoms with Gasteiger partial charge in [-0.1, -0.05) is 6.07 Å². The van der Waals surface area contributed by atoms with Crippen molar-refractivity contribution in [3.63, 3.8) is 0 Å². The molecule has 0 radical (unpaired) electrons. The van der Waals surface area contributed by atoms with Crippen molar-refractivity contribution in [1.29, 1.82) is 0 Å². The molecule has 6 heteroatoms. The summed E-state index contributed by atoms with van der Waals surface area (Å²) in [6, 6.07) is 11.1. The average Bonchev–Trinajstić information content (AvgIpc) is 2.56. The van der Waals surface area contributed by atoms with Crippen LogP contribution >= 0.6 is 0 Å². The second-order valence-corrected chi connectivity index (χ2v) is 6.03. The fourth-order valence-corrected chi connectivity index (χ4v) is 2.80. The van der Waals surface area contributed by atoms with Crippen LogP contribution in [0, 0.1) is 5.82 Å². The summed E-state index contributed by atoms with van der Waals surface area (Å²) in [7, 11) is 2.10. The molecule has 3 rings (SSSR count). The molecule has 1 aliphatic rings. The van der Waals surface area contributed by atoms with Gasteiger partial charge in [0.1, 0.15) is 5.82 Å². The lowest BCUT2D eigenvalue weighted by atomic mass is 10.1. The van der Waals surface area contributed by atoms with Gasteiger partial charge in [-0.3, -0.25) is 4.79 Å².